The summed E-state index contributed by atoms with van der Waals surface area (Å²) in [5, 5.41) is 12.0. The third-order valence-electron chi connectivity index (χ3n) is 4.49. The molecule has 2 heterocycles. The molecule has 176 valence electrons. The fraction of sp³-hybridized carbons (Fsp3) is 0.217. The van der Waals surface area contributed by atoms with E-state index in [1.165, 1.54) is 7.11 Å². The van der Waals surface area contributed by atoms with Crippen molar-refractivity contribution in [2.24, 2.45) is 0 Å². The van der Waals surface area contributed by atoms with Gasteiger partial charge in [-0.1, -0.05) is 47.5 Å². The molecule has 0 atom stereocenters. The lowest BCUT2D eigenvalue weighted by Crippen LogP contribution is -2.27. The molecule has 0 radical (unpaired) electrons. The quantitative estimate of drug-likeness (QED) is 0.344. The van der Waals surface area contributed by atoms with E-state index in [2.05, 4.69) is 20.6 Å². The smallest absolute Gasteiger partial charge is 0.414 e. The number of hydrogen-bond donors (Lipinski definition) is 1. The summed E-state index contributed by atoms with van der Waals surface area (Å²) in [6.45, 7) is 5.25. The highest BCUT2D eigenvalue weighted by atomic mass is 35.5. The first-order chi connectivity index (χ1) is 16.2. The number of ether oxygens (including phenoxy) is 2. The highest BCUT2D eigenvalue weighted by molar-refractivity contribution is 6.32. The molecule has 1 amide bonds. The molecule has 0 aliphatic carbocycles. The summed E-state index contributed by atoms with van der Waals surface area (Å²) in [5.41, 5.74) is 1.57. The molecule has 0 aliphatic heterocycles. The first kappa shape index (κ1) is 23.6. The van der Waals surface area contributed by atoms with E-state index in [4.69, 9.17) is 37.2 Å². The normalized spacial score (nSPS) is 11.4. The average Bonchev–Trinajstić information content (AvgIpc) is 3.37. The monoisotopic (exact) mass is 501 g/mol. The third-order valence-corrected chi connectivity index (χ3v) is 5.06. The number of aromatic nitrogens is 4. The van der Waals surface area contributed by atoms with Gasteiger partial charge in [0.1, 0.15) is 11.3 Å². The van der Waals surface area contributed by atoms with Gasteiger partial charge in [0.05, 0.1) is 17.8 Å². The van der Waals surface area contributed by atoms with Gasteiger partial charge in [0.15, 0.2) is 11.4 Å². The van der Waals surface area contributed by atoms with Crippen LogP contribution in [0.3, 0.4) is 0 Å². The first-order valence-electron chi connectivity index (χ1n) is 10.2. The second-order valence-electron chi connectivity index (χ2n) is 8.15. The van der Waals surface area contributed by atoms with Crippen molar-refractivity contribution in [2.75, 3.05) is 12.4 Å². The number of carbonyl (C=O) groups excluding carboxylic acids is 1. The molecule has 2 aromatic heterocycles. The van der Waals surface area contributed by atoms with Crippen molar-refractivity contribution < 1.29 is 18.8 Å². The minimum atomic E-state index is -0.713. The minimum absolute atomic E-state index is 0.0314. The molecule has 0 unspecified atom stereocenters. The molecule has 1 N–H and O–H groups in total. The number of halogens is 2. The van der Waals surface area contributed by atoms with E-state index in [9.17, 15) is 4.79 Å². The Labute approximate surface area is 205 Å². The maximum absolute atomic E-state index is 12.1. The Morgan fingerprint density at radius 1 is 1.09 bits per heavy atom. The Bertz CT molecular complexity index is 1330. The fourth-order valence-corrected chi connectivity index (χ4v) is 3.50. The van der Waals surface area contributed by atoms with Crippen LogP contribution in [-0.2, 0) is 4.74 Å². The molecule has 0 saturated heterocycles. The lowest BCUT2D eigenvalue weighted by molar-refractivity contribution is 0.0634. The number of nitrogens with one attached hydrogen (secondary N) is 1. The van der Waals surface area contributed by atoms with Crippen LogP contribution in [0.2, 0.25) is 10.0 Å². The highest BCUT2D eigenvalue weighted by Crippen LogP contribution is 2.41. The van der Waals surface area contributed by atoms with Gasteiger partial charge in [-0.3, -0.25) is 5.32 Å². The van der Waals surface area contributed by atoms with Gasteiger partial charge >= 0.3 is 6.09 Å². The highest BCUT2D eigenvalue weighted by Gasteiger charge is 2.27. The predicted octanol–water partition coefficient (Wildman–Crippen LogP) is 6.25. The molecule has 4 rings (SSSR count). The van der Waals surface area contributed by atoms with E-state index in [1.807, 2.05) is 30.3 Å². The van der Waals surface area contributed by atoms with Gasteiger partial charge in [-0.25, -0.2) is 9.48 Å². The molecule has 0 bridgehead atoms. The molecule has 0 fully saturated rings. The average molecular weight is 502 g/mol. The van der Waals surface area contributed by atoms with Crippen LogP contribution in [0.25, 0.3) is 28.5 Å². The van der Waals surface area contributed by atoms with Gasteiger partial charge in [-0.15, -0.1) is 0 Å². The summed E-state index contributed by atoms with van der Waals surface area (Å²) in [6.07, 6.45) is -0.713. The zero-order valence-corrected chi connectivity index (χ0v) is 20.3. The molecule has 11 heteroatoms. The number of methoxy groups -OCH3 is 1. The number of amides is 1. The molecule has 2 aromatic carbocycles. The van der Waals surface area contributed by atoms with E-state index in [0.717, 1.165) is 5.56 Å². The Morgan fingerprint density at radius 3 is 2.44 bits per heavy atom. The van der Waals surface area contributed by atoms with Gasteiger partial charge in [-0.2, -0.15) is 10.1 Å². The Kier molecular flexibility index (Phi) is 6.49. The van der Waals surface area contributed by atoms with Crippen molar-refractivity contribution in [1.29, 1.82) is 0 Å². The lowest BCUT2D eigenvalue weighted by atomic mass is 10.1. The lowest BCUT2D eigenvalue weighted by Gasteiger charge is -2.18. The zero-order valence-electron chi connectivity index (χ0n) is 18.8. The maximum Gasteiger partial charge on any atom is 0.414 e. The third kappa shape index (κ3) is 5.00. The van der Waals surface area contributed by atoms with E-state index < -0.39 is 11.7 Å². The molecule has 0 saturated carbocycles. The number of nitrogens with zero attached hydrogens (tertiary/aromatic N) is 4. The van der Waals surface area contributed by atoms with Gasteiger partial charge < -0.3 is 14.0 Å². The van der Waals surface area contributed by atoms with Crippen LogP contribution in [-0.4, -0.2) is 38.7 Å². The van der Waals surface area contributed by atoms with E-state index in [1.54, 1.807) is 43.7 Å². The van der Waals surface area contributed by atoms with Crippen molar-refractivity contribution in [3.63, 3.8) is 0 Å². The molecule has 4 aromatic rings. The second kappa shape index (κ2) is 9.36. The number of rotatable bonds is 5. The number of carbonyl (C=O) groups is 1. The topological polar surface area (TPSA) is 104 Å². The first-order valence-corrected chi connectivity index (χ1v) is 10.9. The fourth-order valence-electron chi connectivity index (χ4n) is 3.16. The predicted molar refractivity (Wildman–Crippen MR) is 129 cm³/mol. The van der Waals surface area contributed by atoms with E-state index in [0.29, 0.717) is 27.2 Å². The van der Waals surface area contributed by atoms with Gasteiger partial charge in [0, 0.05) is 10.6 Å². The van der Waals surface area contributed by atoms with Crippen molar-refractivity contribution in [2.45, 2.75) is 26.4 Å². The van der Waals surface area contributed by atoms with Gasteiger partial charge in [0.25, 0.3) is 11.8 Å². The van der Waals surface area contributed by atoms with E-state index >= 15 is 0 Å². The van der Waals surface area contributed by atoms with Crippen LogP contribution >= 0.6 is 23.2 Å². The van der Waals surface area contributed by atoms with Crippen molar-refractivity contribution >= 4 is 35.2 Å². The Hall–Kier alpha value is -3.56. The molecule has 0 spiro atoms. The summed E-state index contributed by atoms with van der Waals surface area (Å²) >= 11 is 12.6. The molecule has 0 aliphatic rings. The maximum atomic E-state index is 12.1. The summed E-state index contributed by atoms with van der Waals surface area (Å²) < 4.78 is 17.9. The minimum Gasteiger partial charge on any atom is -0.492 e. The summed E-state index contributed by atoms with van der Waals surface area (Å²) in [4.78, 5) is 16.3. The number of benzene rings is 2. The van der Waals surface area contributed by atoms with Gasteiger partial charge in [0.2, 0.25) is 0 Å². The molecule has 34 heavy (non-hydrogen) atoms. The molecular formula is C23H21Cl2N5O4. The second-order valence-corrected chi connectivity index (χ2v) is 8.99. The number of hydrogen-bond acceptors (Lipinski definition) is 7. The van der Waals surface area contributed by atoms with Crippen LogP contribution in [0.15, 0.2) is 53.1 Å². The number of anilines is 1. The molecule has 9 nitrogen and oxygen atoms in total. The Balaban J connectivity index is 1.81. The van der Waals surface area contributed by atoms with Crippen LogP contribution in [0, 0.1) is 0 Å². The zero-order chi connectivity index (χ0) is 24.5. The van der Waals surface area contributed by atoms with E-state index in [-0.39, 0.29) is 17.5 Å². The molecular weight excluding hydrogens is 481 g/mol. The van der Waals surface area contributed by atoms with Crippen LogP contribution in [0.1, 0.15) is 20.8 Å². The van der Waals surface area contributed by atoms with Crippen molar-refractivity contribution in [3.8, 4) is 34.3 Å². The SMILES string of the molecule is COc1c(-c2nc(NC(=O)OC(C)(C)C)no2)nn(-c2ccccc2Cl)c1-c1ccc(Cl)cc1. The van der Waals surface area contributed by atoms with Crippen LogP contribution < -0.4 is 10.1 Å². The van der Waals surface area contributed by atoms with Crippen LogP contribution in [0.5, 0.6) is 5.75 Å². The summed E-state index contributed by atoms with van der Waals surface area (Å²) in [5.74, 6) is 0.324. The summed E-state index contributed by atoms with van der Waals surface area (Å²) in [6, 6.07) is 14.4. The summed E-state index contributed by atoms with van der Waals surface area (Å²) in [7, 11) is 1.51. The van der Waals surface area contributed by atoms with Crippen molar-refractivity contribution in [3.05, 3.63) is 58.6 Å². The standard InChI is InChI=1S/C23H21Cl2N5O4/c1-23(2,3)33-22(31)27-21-26-20(34-29-21)17-19(32-4)18(13-9-11-14(24)12-10-13)30(28-17)16-8-6-5-7-15(16)25/h5-12H,1-4H3,(H,27,29,31). The van der Waals surface area contributed by atoms with Crippen molar-refractivity contribution in [1.82, 2.24) is 19.9 Å². The largest absolute Gasteiger partial charge is 0.492 e. The van der Waals surface area contributed by atoms with Crippen LogP contribution in [0.4, 0.5) is 10.7 Å². The number of para-hydroxylation sites is 1. The van der Waals surface area contributed by atoms with Gasteiger partial charge in [-0.05, 0) is 50.2 Å². The Morgan fingerprint density at radius 2 is 1.79 bits per heavy atom.